The zero-order chi connectivity index (χ0) is 13.2. The minimum Gasteiger partial charge on any atom is -0.258 e. The van der Waals surface area contributed by atoms with Gasteiger partial charge in [0.05, 0.1) is 18.1 Å². The Morgan fingerprint density at radius 2 is 1.74 bits per heavy atom. The topological polar surface area (TPSA) is 43.6 Å². The molecule has 0 saturated carbocycles. The summed E-state index contributed by atoms with van der Waals surface area (Å²) in [5, 5.41) is 8.30. The second-order valence-electron chi connectivity index (χ2n) is 4.45. The van der Waals surface area contributed by atoms with E-state index in [-0.39, 0.29) is 0 Å². The van der Waals surface area contributed by atoms with Gasteiger partial charge in [0, 0.05) is 17.0 Å². The fourth-order valence-corrected chi connectivity index (χ4v) is 2.14. The van der Waals surface area contributed by atoms with E-state index in [1.807, 2.05) is 32.0 Å². The summed E-state index contributed by atoms with van der Waals surface area (Å²) in [7, 11) is 0. The van der Waals surface area contributed by atoms with Crippen molar-refractivity contribution in [3.8, 4) is 16.8 Å². The average Bonchev–Trinajstić information content (AvgIpc) is 2.93. The molecular formula is C15H14N4. The molecule has 0 radical (unpaired) electrons. The maximum Gasteiger partial charge on any atom is 0.0862 e. The van der Waals surface area contributed by atoms with E-state index in [2.05, 4.69) is 33.4 Å². The highest BCUT2D eigenvalue weighted by atomic mass is 15.5. The molecule has 0 aliphatic rings. The van der Waals surface area contributed by atoms with Gasteiger partial charge in [-0.2, -0.15) is 15.0 Å². The zero-order valence-corrected chi connectivity index (χ0v) is 10.9. The largest absolute Gasteiger partial charge is 0.258 e. The van der Waals surface area contributed by atoms with Crippen LogP contribution in [-0.2, 0) is 0 Å². The van der Waals surface area contributed by atoms with Gasteiger partial charge in [-0.05, 0) is 37.6 Å². The standard InChI is InChI=1S/C15H14N4/c1-11-6-7-15(12(2)18-11)13-4-3-5-14(10-13)19-16-8-9-17-19/h3-10H,1-2H3. The quantitative estimate of drug-likeness (QED) is 0.702. The molecule has 4 nitrogen and oxygen atoms in total. The summed E-state index contributed by atoms with van der Waals surface area (Å²) in [5.74, 6) is 0. The minimum absolute atomic E-state index is 0.947. The lowest BCUT2D eigenvalue weighted by molar-refractivity contribution is 0.752. The molecular weight excluding hydrogens is 236 g/mol. The molecule has 0 atom stereocenters. The summed E-state index contributed by atoms with van der Waals surface area (Å²) in [6, 6.07) is 12.3. The van der Waals surface area contributed by atoms with Gasteiger partial charge >= 0.3 is 0 Å². The summed E-state index contributed by atoms with van der Waals surface area (Å²) >= 11 is 0. The van der Waals surface area contributed by atoms with Crippen LogP contribution in [-0.4, -0.2) is 20.0 Å². The van der Waals surface area contributed by atoms with E-state index < -0.39 is 0 Å². The van der Waals surface area contributed by atoms with Gasteiger partial charge in [0.1, 0.15) is 0 Å². The minimum atomic E-state index is 0.947. The number of hydrogen-bond acceptors (Lipinski definition) is 3. The van der Waals surface area contributed by atoms with Crippen molar-refractivity contribution in [1.82, 2.24) is 20.0 Å². The lowest BCUT2D eigenvalue weighted by Crippen LogP contribution is -1.98. The molecule has 0 amide bonds. The number of benzene rings is 1. The molecule has 2 aromatic heterocycles. The second-order valence-corrected chi connectivity index (χ2v) is 4.45. The van der Waals surface area contributed by atoms with Gasteiger partial charge in [-0.25, -0.2) is 0 Å². The molecule has 1 aromatic carbocycles. The van der Waals surface area contributed by atoms with Crippen molar-refractivity contribution in [2.24, 2.45) is 0 Å². The highest BCUT2D eigenvalue weighted by Crippen LogP contribution is 2.24. The first kappa shape index (κ1) is 11.6. The third-order valence-electron chi connectivity index (χ3n) is 3.03. The summed E-state index contributed by atoms with van der Waals surface area (Å²) in [6.45, 7) is 4.03. The highest BCUT2D eigenvalue weighted by molar-refractivity contribution is 5.67. The number of pyridine rings is 1. The Hall–Kier alpha value is -2.49. The lowest BCUT2D eigenvalue weighted by Gasteiger charge is -2.08. The molecule has 19 heavy (non-hydrogen) atoms. The van der Waals surface area contributed by atoms with Crippen LogP contribution in [0.3, 0.4) is 0 Å². The van der Waals surface area contributed by atoms with Crippen molar-refractivity contribution in [2.45, 2.75) is 13.8 Å². The zero-order valence-electron chi connectivity index (χ0n) is 10.9. The summed E-state index contributed by atoms with van der Waals surface area (Å²) in [6.07, 6.45) is 3.34. The molecule has 0 saturated heterocycles. The van der Waals surface area contributed by atoms with E-state index in [1.54, 1.807) is 17.2 Å². The molecule has 0 fully saturated rings. The predicted octanol–water partition coefficient (Wildman–Crippen LogP) is 2.95. The first-order chi connectivity index (χ1) is 9.24. The Morgan fingerprint density at radius 1 is 0.947 bits per heavy atom. The van der Waals surface area contributed by atoms with Gasteiger partial charge in [0.15, 0.2) is 0 Å². The maximum absolute atomic E-state index is 4.50. The third kappa shape index (κ3) is 2.25. The van der Waals surface area contributed by atoms with Crippen molar-refractivity contribution in [1.29, 1.82) is 0 Å². The normalized spacial score (nSPS) is 10.6. The van der Waals surface area contributed by atoms with Gasteiger partial charge < -0.3 is 0 Å². The van der Waals surface area contributed by atoms with Crippen LogP contribution in [0, 0.1) is 13.8 Å². The fourth-order valence-electron chi connectivity index (χ4n) is 2.14. The lowest BCUT2D eigenvalue weighted by atomic mass is 10.0. The number of aryl methyl sites for hydroxylation is 2. The van der Waals surface area contributed by atoms with Gasteiger partial charge in [0.25, 0.3) is 0 Å². The Bertz CT molecular complexity index is 702. The molecule has 0 aliphatic heterocycles. The first-order valence-corrected chi connectivity index (χ1v) is 6.15. The molecule has 0 aliphatic carbocycles. The van der Waals surface area contributed by atoms with Crippen LogP contribution in [0.25, 0.3) is 16.8 Å². The van der Waals surface area contributed by atoms with Crippen LogP contribution in [0.2, 0.25) is 0 Å². The van der Waals surface area contributed by atoms with Crippen LogP contribution in [0.1, 0.15) is 11.4 Å². The van der Waals surface area contributed by atoms with E-state index in [0.29, 0.717) is 0 Å². The first-order valence-electron chi connectivity index (χ1n) is 6.15. The second kappa shape index (κ2) is 4.65. The summed E-state index contributed by atoms with van der Waals surface area (Å²) in [4.78, 5) is 6.12. The smallest absolute Gasteiger partial charge is 0.0862 e. The molecule has 3 rings (SSSR count). The van der Waals surface area contributed by atoms with Crippen molar-refractivity contribution < 1.29 is 0 Å². The Kier molecular flexibility index (Phi) is 2.83. The third-order valence-corrected chi connectivity index (χ3v) is 3.03. The van der Waals surface area contributed by atoms with Crippen LogP contribution in [0.15, 0.2) is 48.8 Å². The number of rotatable bonds is 2. The van der Waals surface area contributed by atoms with Crippen LogP contribution >= 0.6 is 0 Å². The van der Waals surface area contributed by atoms with Gasteiger partial charge in [-0.15, -0.1) is 0 Å². The van der Waals surface area contributed by atoms with Gasteiger partial charge in [-0.3, -0.25) is 4.98 Å². The Morgan fingerprint density at radius 3 is 2.47 bits per heavy atom. The van der Waals surface area contributed by atoms with Crippen molar-refractivity contribution in [3.05, 3.63) is 60.2 Å². The van der Waals surface area contributed by atoms with E-state index >= 15 is 0 Å². The number of aromatic nitrogens is 4. The van der Waals surface area contributed by atoms with E-state index in [9.17, 15) is 0 Å². The van der Waals surface area contributed by atoms with Crippen molar-refractivity contribution >= 4 is 0 Å². The molecule has 4 heteroatoms. The van der Waals surface area contributed by atoms with E-state index in [4.69, 9.17) is 0 Å². The SMILES string of the molecule is Cc1ccc(-c2cccc(-n3nccn3)c2)c(C)n1. The monoisotopic (exact) mass is 250 g/mol. The van der Waals surface area contributed by atoms with Crippen molar-refractivity contribution in [2.75, 3.05) is 0 Å². The highest BCUT2D eigenvalue weighted by Gasteiger charge is 2.05. The van der Waals surface area contributed by atoms with Gasteiger partial charge in [0.2, 0.25) is 0 Å². The van der Waals surface area contributed by atoms with Crippen LogP contribution in [0.5, 0.6) is 0 Å². The molecule has 2 heterocycles. The summed E-state index contributed by atoms with van der Waals surface area (Å²) in [5.41, 5.74) is 5.28. The van der Waals surface area contributed by atoms with Crippen molar-refractivity contribution in [3.63, 3.8) is 0 Å². The van der Waals surface area contributed by atoms with Gasteiger partial charge in [-0.1, -0.05) is 18.2 Å². The van der Waals surface area contributed by atoms with E-state index in [0.717, 1.165) is 28.2 Å². The average molecular weight is 250 g/mol. The maximum atomic E-state index is 4.50. The Balaban J connectivity index is 2.08. The van der Waals surface area contributed by atoms with Crippen LogP contribution < -0.4 is 0 Å². The molecule has 94 valence electrons. The van der Waals surface area contributed by atoms with E-state index in [1.165, 1.54) is 0 Å². The molecule has 0 spiro atoms. The Labute approximate surface area is 111 Å². The van der Waals surface area contributed by atoms with Crippen LogP contribution in [0.4, 0.5) is 0 Å². The number of hydrogen-bond donors (Lipinski definition) is 0. The summed E-state index contributed by atoms with van der Waals surface area (Å²) < 4.78 is 0. The predicted molar refractivity (Wildman–Crippen MR) is 74.1 cm³/mol. The molecule has 0 bridgehead atoms. The fraction of sp³-hybridized carbons (Fsp3) is 0.133. The molecule has 0 unspecified atom stereocenters. The number of nitrogens with zero attached hydrogens (tertiary/aromatic N) is 4. The molecule has 0 N–H and O–H groups in total. The molecule has 3 aromatic rings.